The van der Waals surface area contributed by atoms with Gasteiger partial charge in [-0.2, -0.15) is 9.67 Å². The number of aromatic nitrogens is 6. The molecule has 5 rings (SSSR count). The van der Waals surface area contributed by atoms with E-state index in [0.29, 0.717) is 28.9 Å². The first kappa shape index (κ1) is 20.9. The van der Waals surface area contributed by atoms with Crippen LogP contribution in [-0.4, -0.2) is 29.5 Å². The molecule has 2 aromatic rings. The highest BCUT2D eigenvalue weighted by Gasteiger charge is 2.27. The summed E-state index contributed by atoms with van der Waals surface area (Å²) in [6.07, 6.45) is 7.07. The lowest BCUT2D eigenvalue weighted by Gasteiger charge is -2.17. The van der Waals surface area contributed by atoms with Gasteiger partial charge in [0.2, 0.25) is 5.89 Å². The van der Waals surface area contributed by atoms with Crippen LogP contribution in [0.15, 0.2) is 44.8 Å². The van der Waals surface area contributed by atoms with Gasteiger partial charge in [-0.15, -0.1) is 5.10 Å². The van der Waals surface area contributed by atoms with Crippen LogP contribution in [0.4, 0.5) is 0 Å². The number of thioether (sulfide) groups is 1. The SMILES string of the molecule is CCCCc1nc(CSc2nc3nn(-c4ccccc4)c(=O)c-3c3n2CCCCC3)no1. The van der Waals surface area contributed by atoms with Crippen LogP contribution in [0.2, 0.25) is 0 Å². The van der Waals surface area contributed by atoms with Gasteiger partial charge in [0, 0.05) is 18.7 Å². The fraction of sp³-hybridized carbons (Fsp3) is 0.435. The summed E-state index contributed by atoms with van der Waals surface area (Å²) in [5, 5.41) is 9.57. The van der Waals surface area contributed by atoms with E-state index in [-0.39, 0.29) is 5.56 Å². The minimum absolute atomic E-state index is 0.0976. The third-order valence-corrected chi connectivity index (χ3v) is 6.72. The van der Waals surface area contributed by atoms with E-state index in [1.54, 1.807) is 11.8 Å². The second kappa shape index (κ2) is 9.28. The van der Waals surface area contributed by atoms with Crippen molar-refractivity contribution in [3.05, 3.63) is 58.1 Å². The number of rotatable bonds is 7. The van der Waals surface area contributed by atoms with E-state index in [1.165, 1.54) is 4.68 Å². The normalized spacial score (nSPS) is 13.9. The number of hydrogen-bond acceptors (Lipinski definition) is 7. The maximum Gasteiger partial charge on any atom is 0.284 e. The lowest BCUT2D eigenvalue weighted by Crippen LogP contribution is -2.19. The number of para-hydroxylation sites is 1. The molecule has 0 N–H and O–H groups in total. The Morgan fingerprint density at radius 3 is 2.84 bits per heavy atom. The molecular weight excluding hydrogens is 424 g/mol. The Hall–Kier alpha value is -2.94. The van der Waals surface area contributed by atoms with Gasteiger partial charge in [-0.05, 0) is 37.8 Å². The predicted molar refractivity (Wildman–Crippen MR) is 122 cm³/mol. The van der Waals surface area contributed by atoms with Crippen molar-refractivity contribution in [1.82, 2.24) is 29.5 Å². The smallest absolute Gasteiger partial charge is 0.284 e. The molecule has 9 heteroatoms. The van der Waals surface area contributed by atoms with Gasteiger partial charge in [0.1, 0.15) is 5.56 Å². The number of unbranched alkanes of at least 4 members (excludes halogenated alkanes) is 1. The zero-order chi connectivity index (χ0) is 21.9. The average molecular weight is 451 g/mol. The molecule has 1 aromatic heterocycles. The summed E-state index contributed by atoms with van der Waals surface area (Å²) in [7, 11) is 0. The van der Waals surface area contributed by atoms with Crippen molar-refractivity contribution in [1.29, 1.82) is 0 Å². The van der Waals surface area contributed by atoms with Gasteiger partial charge in [0.05, 0.1) is 11.4 Å². The molecule has 3 aliphatic heterocycles. The molecule has 8 nitrogen and oxygen atoms in total. The quantitative estimate of drug-likeness (QED) is 0.306. The van der Waals surface area contributed by atoms with Crippen LogP contribution in [0, 0.1) is 0 Å². The highest BCUT2D eigenvalue weighted by atomic mass is 32.2. The van der Waals surface area contributed by atoms with E-state index in [0.717, 1.165) is 68.0 Å². The monoisotopic (exact) mass is 450 g/mol. The van der Waals surface area contributed by atoms with Crippen LogP contribution < -0.4 is 5.56 Å². The molecule has 0 fully saturated rings. The molecule has 166 valence electrons. The molecule has 0 aliphatic carbocycles. The molecule has 3 aliphatic rings. The summed E-state index contributed by atoms with van der Waals surface area (Å²) in [6, 6.07) is 9.52. The van der Waals surface area contributed by atoms with Crippen molar-refractivity contribution >= 4 is 11.8 Å². The summed E-state index contributed by atoms with van der Waals surface area (Å²) in [5.74, 6) is 2.43. The van der Waals surface area contributed by atoms with Crippen LogP contribution in [0.25, 0.3) is 17.1 Å². The van der Waals surface area contributed by atoms with Crippen LogP contribution in [0.3, 0.4) is 0 Å². The third-order valence-electron chi connectivity index (χ3n) is 5.75. The molecule has 0 amide bonds. The number of fused-ring (bicyclic) bond motifs is 3. The van der Waals surface area contributed by atoms with Crippen molar-refractivity contribution in [3.63, 3.8) is 0 Å². The lowest BCUT2D eigenvalue weighted by molar-refractivity contribution is 0.371. The Balaban J connectivity index is 1.51. The second-order valence-electron chi connectivity index (χ2n) is 8.05. The minimum atomic E-state index is -0.0976. The van der Waals surface area contributed by atoms with E-state index >= 15 is 0 Å². The fourth-order valence-corrected chi connectivity index (χ4v) is 5.00. The first-order chi connectivity index (χ1) is 15.7. The fourth-order valence-electron chi connectivity index (χ4n) is 4.12. The minimum Gasteiger partial charge on any atom is -0.339 e. The first-order valence-electron chi connectivity index (χ1n) is 11.3. The van der Waals surface area contributed by atoms with E-state index < -0.39 is 0 Å². The summed E-state index contributed by atoms with van der Waals surface area (Å²) >= 11 is 1.58. The Labute approximate surface area is 190 Å². The third kappa shape index (κ3) is 4.09. The lowest BCUT2D eigenvalue weighted by atomic mass is 10.1. The van der Waals surface area contributed by atoms with Gasteiger partial charge in [-0.25, -0.2) is 4.98 Å². The summed E-state index contributed by atoms with van der Waals surface area (Å²) < 4.78 is 9.04. The molecule has 0 atom stereocenters. The number of aryl methyl sites for hydroxylation is 1. The van der Waals surface area contributed by atoms with Gasteiger partial charge in [-0.1, -0.05) is 54.9 Å². The van der Waals surface area contributed by atoms with Crippen molar-refractivity contribution in [2.45, 2.75) is 69.3 Å². The molecular formula is C23H26N6O2S. The number of nitrogens with zero attached hydrogens (tertiary/aromatic N) is 6. The van der Waals surface area contributed by atoms with Crippen molar-refractivity contribution in [2.24, 2.45) is 0 Å². The number of benzene rings is 1. The zero-order valence-electron chi connectivity index (χ0n) is 18.2. The van der Waals surface area contributed by atoms with Gasteiger partial charge in [0.25, 0.3) is 5.56 Å². The molecule has 0 saturated heterocycles. The van der Waals surface area contributed by atoms with E-state index in [2.05, 4.69) is 26.7 Å². The molecule has 0 bridgehead atoms. The highest BCUT2D eigenvalue weighted by molar-refractivity contribution is 7.98. The second-order valence-corrected chi connectivity index (χ2v) is 8.99. The van der Waals surface area contributed by atoms with Gasteiger partial charge in [-0.3, -0.25) is 4.79 Å². The van der Waals surface area contributed by atoms with Gasteiger partial charge >= 0.3 is 0 Å². The summed E-state index contributed by atoms with van der Waals surface area (Å²) in [6.45, 7) is 2.99. The van der Waals surface area contributed by atoms with E-state index in [4.69, 9.17) is 9.51 Å². The summed E-state index contributed by atoms with van der Waals surface area (Å²) in [5.41, 5.74) is 2.34. The van der Waals surface area contributed by atoms with Gasteiger partial charge in [0.15, 0.2) is 16.8 Å². The highest BCUT2D eigenvalue weighted by Crippen LogP contribution is 2.31. The van der Waals surface area contributed by atoms with Crippen LogP contribution in [0.1, 0.15) is 56.4 Å². The maximum atomic E-state index is 13.3. The van der Waals surface area contributed by atoms with Gasteiger partial charge < -0.3 is 9.09 Å². The van der Waals surface area contributed by atoms with E-state index in [1.807, 2.05) is 30.3 Å². The molecule has 1 aromatic carbocycles. The van der Waals surface area contributed by atoms with Crippen LogP contribution >= 0.6 is 11.8 Å². The summed E-state index contributed by atoms with van der Waals surface area (Å²) in [4.78, 5) is 22.6. The topological polar surface area (TPSA) is 91.6 Å². The molecule has 4 heterocycles. The van der Waals surface area contributed by atoms with E-state index in [9.17, 15) is 4.79 Å². The molecule has 0 unspecified atom stereocenters. The molecule has 0 saturated carbocycles. The molecule has 32 heavy (non-hydrogen) atoms. The van der Waals surface area contributed by atoms with Crippen molar-refractivity contribution in [2.75, 3.05) is 0 Å². The Kier molecular flexibility index (Phi) is 6.07. The zero-order valence-corrected chi connectivity index (χ0v) is 19.0. The molecule has 0 spiro atoms. The van der Waals surface area contributed by atoms with Crippen LogP contribution in [-0.2, 0) is 25.1 Å². The van der Waals surface area contributed by atoms with Crippen LogP contribution in [0.5, 0.6) is 0 Å². The number of hydrogen-bond donors (Lipinski definition) is 0. The Morgan fingerprint density at radius 2 is 2.00 bits per heavy atom. The Morgan fingerprint density at radius 1 is 1.12 bits per heavy atom. The largest absolute Gasteiger partial charge is 0.339 e. The predicted octanol–water partition coefficient (Wildman–Crippen LogP) is 4.28. The average Bonchev–Trinajstić information content (AvgIpc) is 3.32. The van der Waals surface area contributed by atoms with Crippen molar-refractivity contribution in [3.8, 4) is 17.1 Å². The first-order valence-corrected chi connectivity index (χ1v) is 12.2. The molecule has 0 radical (unpaired) electrons. The Bertz CT molecular complexity index is 1230. The standard InChI is InChI=1S/C23H26N6O2S/c1-2-3-13-19-24-18(27-31-19)15-32-23-25-21-20(17-12-8-5-9-14-28(17)23)22(30)29(26-21)16-10-6-4-7-11-16/h4,6-7,10-11H,2-3,5,8-9,12-15H2,1H3. The van der Waals surface area contributed by atoms with Crippen molar-refractivity contribution < 1.29 is 4.52 Å². The maximum absolute atomic E-state index is 13.3.